The average Bonchev–Trinajstić information content (AvgIpc) is 3.43. The standard InChI is InChI=1S/C27H21FNO.C14H16GeN.Ir/c1-27(2,3)19-13-14-29-24(16-19)18-9-12-22-23-6-4-5-21(26(23)30-25(22)15-18)17-7-10-20(28)11-8-17;1-15(2,3)13-9-10-14(16-11-13)12-7-5-4-6-8-12;/h4-8,10-16H,1-3H3;4-7,9-11H,1-3H3;/q2*-1;. The molecule has 0 saturated heterocycles. The summed E-state index contributed by atoms with van der Waals surface area (Å²) in [4.78, 5) is 9.08. The minimum Gasteiger partial charge on any atom is 0 e. The van der Waals surface area contributed by atoms with Gasteiger partial charge in [-0.25, -0.2) is 4.39 Å². The number of nitrogens with zero attached hydrogens (tertiary/aromatic N) is 2. The molecule has 3 heterocycles. The van der Waals surface area contributed by atoms with Gasteiger partial charge in [0.1, 0.15) is 11.4 Å². The van der Waals surface area contributed by atoms with Gasteiger partial charge in [0.15, 0.2) is 0 Å². The van der Waals surface area contributed by atoms with Gasteiger partial charge in [-0.15, -0.1) is 17.7 Å². The number of benzene rings is 4. The fourth-order valence-corrected chi connectivity index (χ4v) is 7.51. The predicted molar refractivity (Wildman–Crippen MR) is 191 cm³/mol. The number of halogens is 1. The Bertz CT molecular complexity index is 2110. The van der Waals surface area contributed by atoms with Gasteiger partial charge in [-0.1, -0.05) is 68.6 Å². The summed E-state index contributed by atoms with van der Waals surface area (Å²) in [6.07, 6.45) is 3.88. The number of rotatable bonds is 4. The van der Waals surface area contributed by atoms with Crippen molar-refractivity contribution in [3.8, 4) is 33.6 Å². The van der Waals surface area contributed by atoms with Crippen LogP contribution in [0.2, 0.25) is 17.3 Å². The number of furan rings is 1. The summed E-state index contributed by atoms with van der Waals surface area (Å²) < 4.78 is 21.1. The van der Waals surface area contributed by atoms with Crippen LogP contribution in [0.5, 0.6) is 0 Å². The van der Waals surface area contributed by atoms with E-state index in [2.05, 4.69) is 84.4 Å². The summed E-state index contributed by atoms with van der Waals surface area (Å²) in [7, 11) is 0. The van der Waals surface area contributed by atoms with Gasteiger partial charge in [0.2, 0.25) is 0 Å². The summed E-state index contributed by atoms with van der Waals surface area (Å²) in [6, 6.07) is 39.5. The van der Waals surface area contributed by atoms with Crippen molar-refractivity contribution < 1.29 is 28.9 Å². The van der Waals surface area contributed by atoms with Crippen LogP contribution in [0, 0.1) is 17.9 Å². The van der Waals surface area contributed by atoms with E-state index in [0.717, 1.165) is 55.6 Å². The zero-order chi connectivity index (χ0) is 32.5. The summed E-state index contributed by atoms with van der Waals surface area (Å²) in [5.74, 6) is 6.89. The molecule has 4 aromatic carbocycles. The fourth-order valence-electron chi connectivity index (χ4n) is 5.33. The SMILES string of the molecule is CC(C)(C)c1ccnc(-c2[c-]cc3c(c2)oc2c(-c4ccc(F)cc4)cccc23)c1.[CH3][Ge]([CH3])([CH3])[c]1ccc(-c2[c-]cccc2)nc1.[Ir]. The van der Waals surface area contributed by atoms with Crippen molar-refractivity contribution >= 4 is 39.6 Å². The number of fused-ring (bicyclic) bond motifs is 3. The van der Waals surface area contributed by atoms with Gasteiger partial charge in [0.25, 0.3) is 0 Å². The predicted octanol–water partition coefficient (Wildman–Crippen LogP) is 10.6. The molecule has 0 aliphatic carbocycles. The summed E-state index contributed by atoms with van der Waals surface area (Å²) in [5.41, 5.74) is 8.57. The van der Waals surface area contributed by atoms with E-state index in [-0.39, 0.29) is 31.3 Å². The molecule has 0 N–H and O–H groups in total. The second-order valence-electron chi connectivity index (χ2n) is 13.6. The zero-order valence-electron chi connectivity index (χ0n) is 27.5. The fraction of sp³-hybridized carbons (Fsp3) is 0.171. The van der Waals surface area contributed by atoms with Crippen molar-refractivity contribution in [1.82, 2.24) is 9.97 Å². The molecule has 0 unspecified atom stereocenters. The summed E-state index contributed by atoms with van der Waals surface area (Å²) in [5, 5.41) is 2.02. The van der Waals surface area contributed by atoms with Crippen LogP contribution in [0.25, 0.3) is 55.6 Å². The van der Waals surface area contributed by atoms with E-state index >= 15 is 0 Å². The minimum atomic E-state index is -1.72. The van der Waals surface area contributed by atoms with Crippen LogP contribution >= 0.6 is 0 Å². The number of hydrogen-bond acceptors (Lipinski definition) is 3. The minimum absolute atomic E-state index is 0. The van der Waals surface area contributed by atoms with Gasteiger partial charge in [-0.05, 0) is 45.8 Å². The number of para-hydroxylation sites is 1. The summed E-state index contributed by atoms with van der Waals surface area (Å²) in [6.45, 7) is 6.57. The second kappa shape index (κ2) is 14.1. The molecule has 6 heteroatoms. The Kier molecular flexibility index (Phi) is 10.3. The van der Waals surface area contributed by atoms with Gasteiger partial charge in [0, 0.05) is 31.9 Å². The van der Waals surface area contributed by atoms with E-state index in [1.54, 1.807) is 12.1 Å². The molecule has 0 saturated carbocycles. The molecule has 0 aliphatic heterocycles. The normalized spacial score (nSPS) is 11.6. The first-order valence-electron chi connectivity index (χ1n) is 15.5. The molecule has 0 fully saturated rings. The van der Waals surface area contributed by atoms with Gasteiger partial charge >= 0.3 is 99.8 Å². The van der Waals surface area contributed by atoms with E-state index in [9.17, 15) is 4.39 Å². The van der Waals surface area contributed by atoms with Gasteiger partial charge < -0.3 is 9.40 Å². The van der Waals surface area contributed by atoms with Crippen molar-refractivity contribution in [1.29, 1.82) is 0 Å². The zero-order valence-corrected chi connectivity index (χ0v) is 32.0. The Morgan fingerprint density at radius 2 is 1.53 bits per heavy atom. The third-order valence-corrected chi connectivity index (χ3v) is 12.4. The van der Waals surface area contributed by atoms with Crippen LogP contribution in [0.15, 0.2) is 120 Å². The monoisotopic (exact) mass is 859 g/mol. The molecule has 0 amide bonds. The molecule has 7 rings (SSSR count). The van der Waals surface area contributed by atoms with Crippen LogP contribution < -0.4 is 4.40 Å². The molecule has 3 aromatic heterocycles. The molecule has 3 nitrogen and oxygen atoms in total. The first kappa shape index (κ1) is 34.4. The van der Waals surface area contributed by atoms with Crippen molar-refractivity contribution in [2.75, 3.05) is 0 Å². The van der Waals surface area contributed by atoms with Crippen molar-refractivity contribution in [3.63, 3.8) is 0 Å². The van der Waals surface area contributed by atoms with Crippen molar-refractivity contribution in [2.24, 2.45) is 0 Å². The Hall–Kier alpha value is -3.90. The van der Waals surface area contributed by atoms with Gasteiger partial charge in [0.05, 0.1) is 5.58 Å². The number of pyridine rings is 2. The molecule has 0 bridgehead atoms. The summed E-state index contributed by atoms with van der Waals surface area (Å²) >= 11 is -1.72. The first-order valence-corrected chi connectivity index (χ1v) is 22.9. The van der Waals surface area contributed by atoms with Crippen LogP contribution in [0.3, 0.4) is 0 Å². The van der Waals surface area contributed by atoms with E-state index in [4.69, 9.17) is 4.42 Å². The Balaban J connectivity index is 0.000000217. The molecule has 1 radical (unpaired) electrons. The van der Waals surface area contributed by atoms with Crippen LogP contribution in [0.4, 0.5) is 4.39 Å². The number of hydrogen-bond donors (Lipinski definition) is 0. The van der Waals surface area contributed by atoms with Gasteiger partial charge in [-0.2, -0.15) is 0 Å². The van der Waals surface area contributed by atoms with E-state index in [1.165, 1.54) is 22.1 Å². The van der Waals surface area contributed by atoms with Crippen molar-refractivity contribution in [2.45, 2.75) is 43.5 Å². The van der Waals surface area contributed by atoms with E-state index < -0.39 is 13.3 Å². The van der Waals surface area contributed by atoms with E-state index in [1.807, 2.05) is 67.0 Å². The molecular formula is C41H37FGeIrN2O-2. The largest absolute Gasteiger partial charge is 0 e. The van der Waals surface area contributed by atoms with Gasteiger partial charge in [-0.3, -0.25) is 0 Å². The maximum Gasteiger partial charge on any atom is 0 e. The van der Waals surface area contributed by atoms with Crippen molar-refractivity contribution in [3.05, 3.63) is 139 Å². The third-order valence-electron chi connectivity index (χ3n) is 8.10. The molecule has 0 spiro atoms. The maximum atomic E-state index is 13.4. The first-order chi connectivity index (χ1) is 22.0. The van der Waals surface area contributed by atoms with Crippen LogP contribution in [0.1, 0.15) is 26.3 Å². The third kappa shape index (κ3) is 7.81. The molecule has 7 aromatic rings. The average molecular weight is 858 g/mol. The Morgan fingerprint density at radius 3 is 2.19 bits per heavy atom. The number of aromatic nitrogens is 2. The van der Waals surface area contributed by atoms with Crippen LogP contribution in [-0.4, -0.2) is 23.2 Å². The molecule has 0 aliphatic rings. The maximum absolute atomic E-state index is 13.4. The Morgan fingerprint density at radius 1 is 0.745 bits per heavy atom. The Labute approximate surface area is 293 Å². The molecule has 239 valence electrons. The van der Waals surface area contributed by atoms with E-state index in [0.29, 0.717) is 0 Å². The van der Waals surface area contributed by atoms with Crippen LogP contribution in [-0.2, 0) is 25.5 Å². The second-order valence-corrected chi connectivity index (χ2v) is 24.2. The smallest absolute Gasteiger partial charge is 0 e. The molecule has 0 atom stereocenters. The topological polar surface area (TPSA) is 38.9 Å². The molecule has 47 heavy (non-hydrogen) atoms. The molecular weight excluding hydrogens is 820 g/mol. The quantitative estimate of drug-likeness (QED) is 0.131.